The number of guanidine groups is 1. The van der Waals surface area contributed by atoms with Crippen LogP contribution in [0, 0.1) is 5.92 Å². The summed E-state index contributed by atoms with van der Waals surface area (Å²) in [5.41, 5.74) is 1.93. The second-order valence-corrected chi connectivity index (χ2v) is 10.4. The summed E-state index contributed by atoms with van der Waals surface area (Å²) in [5, 5.41) is 12.2. The zero-order valence-electron chi connectivity index (χ0n) is 21.6. The van der Waals surface area contributed by atoms with E-state index < -0.39 is 0 Å². The highest BCUT2D eigenvalue weighted by atomic mass is 16.5. The van der Waals surface area contributed by atoms with Crippen molar-refractivity contribution in [3.63, 3.8) is 0 Å². The fraction of sp³-hybridized carbons (Fsp3) is 0.679. The number of rotatable bonds is 14. The van der Waals surface area contributed by atoms with Crippen LogP contribution >= 0.6 is 0 Å². The van der Waals surface area contributed by atoms with Crippen LogP contribution in [-0.4, -0.2) is 65.5 Å². The molecule has 36 heavy (non-hydrogen) atoms. The van der Waals surface area contributed by atoms with Gasteiger partial charge in [-0.25, -0.2) is 4.99 Å². The summed E-state index contributed by atoms with van der Waals surface area (Å²) in [6, 6.07) is 5.89. The molecule has 1 saturated carbocycles. The van der Waals surface area contributed by atoms with E-state index >= 15 is 0 Å². The minimum atomic E-state index is -0.0225. The van der Waals surface area contributed by atoms with Crippen LogP contribution in [0.5, 0.6) is 5.75 Å². The smallest absolute Gasteiger partial charge is 0.246 e. The van der Waals surface area contributed by atoms with Crippen LogP contribution in [0.15, 0.2) is 23.2 Å². The number of ether oxygens (including phenoxy) is 1. The minimum Gasteiger partial charge on any atom is -0.494 e. The molecule has 8 nitrogen and oxygen atoms in total. The second-order valence-electron chi connectivity index (χ2n) is 10.4. The molecule has 2 amide bonds. The van der Waals surface area contributed by atoms with Gasteiger partial charge in [0.25, 0.3) is 0 Å². The highest BCUT2D eigenvalue weighted by Gasteiger charge is 2.29. The molecule has 1 aliphatic carbocycles. The summed E-state index contributed by atoms with van der Waals surface area (Å²) in [6.07, 6.45) is 13.6. The number of nitrogens with one attached hydrogen (secondary N) is 1. The van der Waals surface area contributed by atoms with Crippen molar-refractivity contribution in [1.29, 1.82) is 0 Å². The molecular formula is C28H42N4O4. The third-order valence-electron chi connectivity index (χ3n) is 7.57. The molecule has 2 heterocycles. The average molecular weight is 499 g/mol. The van der Waals surface area contributed by atoms with Gasteiger partial charge in [0.05, 0.1) is 18.9 Å². The number of aliphatic imine (C=N–C) groups is 1. The molecule has 2 fully saturated rings. The van der Waals surface area contributed by atoms with Crippen molar-refractivity contribution in [3.05, 3.63) is 23.8 Å². The SMILES string of the molecule is O=C1CN2Cc3ccc(OCCCCCC(=O)N(CCO)CCCCC4CCCCC4)cc3N=C2N1. The maximum Gasteiger partial charge on any atom is 0.246 e. The number of carbonyl (C=O) groups is 2. The van der Waals surface area contributed by atoms with Crippen LogP contribution in [0.4, 0.5) is 5.69 Å². The van der Waals surface area contributed by atoms with Gasteiger partial charge in [0.1, 0.15) is 12.3 Å². The topological polar surface area (TPSA) is 94.5 Å². The molecule has 2 aliphatic heterocycles. The molecular weight excluding hydrogens is 456 g/mol. The molecule has 1 aromatic rings. The number of amides is 2. The highest BCUT2D eigenvalue weighted by Crippen LogP contribution is 2.31. The minimum absolute atomic E-state index is 0.0225. The van der Waals surface area contributed by atoms with Crippen molar-refractivity contribution in [2.45, 2.75) is 83.6 Å². The first-order valence-corrected chi connectivity index (χ1v) is 13.9. The lowest BCUT2D eigenvalue weighted by Crippen LogP contribution is -2.34. The molecule has 4 rings (SSSR count). The zero-order valence-corrected chi connectivity index (χ0v) is 21.6. The van der Waals surface area contributed by atoms with Gasteiger partial charge in [-0.2, -0.15) is 0 Å². The number of benzene rings is 1. The zero-order chi connectivity index (χ0) is 25.2. The van der Waals surface area contributed by atoms with Crippen molar-refractivity contribution >= 4 is 23.5 Å². The molecule has 198 valence electrons. The summed E-state index contributed by atoms with van der Waals surface area (Å²) in [6.45, 7) is 2.85. The van der Waals surface area contributed by atoms with E-state index in [0.717, 1.165) is 55.1 Å². The van der Waals surface area contributed by atoms with E-state index in [4.69, 9.17) is 4.74 Å². The number of aliphatic hydroxyl groups excluding tert-OH is 1. The fourth-order valence-corrected chi connectivity index (χ4v) is 5.51. The summed E-state index contributed by atoms with van der Waals surface area (Å²) >= 11 is 0. The molecule has 0 atom stereocenters. The van der Waals surface area contributed by atoms with Gasteiger partial charge in [0, 0.05) is 32.1 Å². The van der Waals surface area contributed by atoms with Gasteiger partial charge >= 0.3 is 0 Å². The summed E-state index contributed by atoms with van der Waals surface area (Å²) in [5.74, 6) is 2.41. The predicted molar refractivity (Wildman–Crippen MR) is 140 cm³/mol. The molecule has 8 heteroatoms. The number of unbranched alkanes of at least 4 members (excludes halogenated alkanes) is 3. The van der Waals surface area contributed by atoms with Gasteiger partial charge in [0.15, 0.2) is 0 Å². The fourth-order valence-electron chi connectivity index (χ4n) is 5.51. The van der Waals surface area contributed by atoms with Crippen molar-refractivity contribution < 1.29 is 19.4 Å². The van der Waals surface area contributed by atoms with Crippen LogP contribution < -0.4 is 10.1 Å². The number of carbonyl (C=O) groups excluding carboxylic acids is 2. The Balaban J connectivity index is 1.10. The lowest BCUT2D eigenvalue weighted by molar-refractivity contribution is -0.132. The summed E-state index contributed by atoms with van der Waals surface area (Å²) in [4.78, 5) is 32.6. The van der Waals surface area contributed by atoms with Gasteiger partial charge in [-0.15, -0.1) is 0 Å². The Bertz CT molecular complexity index is 913. The predicted octanol–water partition coefficient (Wildman–Crippen LogP) is 4.13. The Morgan fingerprint density at radius 2 is 1.94 bits per heavy atom. The lowest BCUT2D eigenvalue weighted by atomic mass is 9.86. The quantitative estimate of drug-likeness (QED) is 0.376. The normalized spacial score (nSPS) is 17.3. The number of hydrogen-bond donors (Lipinski definition) is 2. The molecule has 0 aromatic heterocycles. The van der Waals surface area contributed by atoms with E-state index in [2.05, 4.69) is 10.3 Å². The van der Waals surface area contributed by atoms with Gasteiger partial charge in [-0.3, -0.25) is 14.9 Å². The third kappa shape index (κ3) is 7.69. The van der Waals surface area contributed by atoms with Crippen molar-refractivity contribution in [3.8, 4) is 5.75 Å². The molecule has 1 aromatic carbocycles. The summed E-state index contributed by atoms with van der Waals surface area (Å²) in [7, 11) is 0. The molecule has 0 unspecified atom stereocenters. The highest BCUT2D eigenvalue weighted by molar-refractivity contribution is 6.05. The molecule has 3 aliphatic rings. The maximum atomic E-state index is 12.7. The molecule has 1 saturated heterocycles. The first-order valence-electron chi connectivity index (χ1n) is 13.9. The van der Waals surface area contributed by atoms with Crippen LogP contribution in [0.25, 0.3) is 0 Å². The number of nitrogens with zero attached hydrogens (tertiary/aromatic N) is 3. The van der Waals surface area contributed by atoms with Crippen LogP contribution in [0.2, 0.25) is 0 Å². The third-order valence-corrected chi connectivity index (χ3v) is 7.57. The Labute approximate surface area is 215 Å². The second kappa shape index (κ2) is 13.6. The number of aliphatic hydroxyl groups is 1. The standard InChI is InChI=1S/C28H42N4O4/c33-17-16-31(15-7-6-11-22-9-3-1-4-10-22)27(35)12-5-2-8-18-36-24-14-13-23-20-32-21-26(34)30-28(32)29-25(23)19-24/h13-14,19,22,33H,1-12,15-18,20-21H2,(H,29,30,34). The first kappa shape index (κ1) is 26.5. The van der Waals surface area contributed by atoms with E-state index in [1.165, 1.54) is 44.9 Å². The number of fused-ring (bicyclic) bond motifs is 2. The Morgan fingerprint density at radius 1 is 1.08 bits per heavy atom. The first-order chi connectivity index (χ1) is 17.6. The van der Waals surface area contributed by atoms with Crippen LogP contribution in [0.1, 0.15) is 82.6 Å². The van der Waals surface area contributed by atoms with E-state index in [0.29, 0.717) is 38.6 Å². The Hall–Kier alpha value is -2.61. The van der Waals surface area contributed by atoms with Crippen LogP contribution in [0.3, 0.4) is 0 Å². The van der Waals surface area contributed by atoms with E-state index in [1.54, 1.807) is 0 Å². The summed E-state index contributed by atoms with van der Waals surface area (Å²) < 4.78 is 5.91. The van der Waals surface area contributed by atoms with Gasteiger partial charge in [-0.1, -0.05) is 51.0 Å². The largest absolute Gasteiger partial charge is 0.494 e. The van der Waals surface area contributed by atoms with E-state index in [-0.39, 0.29) is 18.4 Å². The monoisotopic (exact) mass is 498 g/mol. The van der Waals surface area contributed by atoms with Gasteiger partial charge in [-0.05, 0) is 43.2 Å². The molecule has 2 N–H and O–H groups in total. The van der Waals surface area contributed by atoms with Crippen molar-refractivity contribution in [2.75, 3.05) is 32.8 Å². The van der Waals surface area contributed by atoms with Gasteiger partial charge < -0.3 is 19.6 Å². The Morgan fingerprint density at radius 3 is 2.78 bits per heavy atom. The van der Waals surface area contributed by atoms with Crippen molar-refractivity contribution in [1.82, 2.24) is 15.1 Å². The molecule has 0 radical (unpaired) electrons. The van der Waals surface area contributed by atoms with Crippen LogP contribution in [-0.2, 0) is 16.1 Å². The van der Waals surface area contributed by atoms with Crippen molar-refractivity contribution in [2.24, 2.45) is 10.9 Å². The van der Waals surface area contributed by atoms with E-state index in [9.17, 15) is 14.7 Å². The molecule has 0 spiro atoms. The van der Waals surface area contributed by atoms with Gasteiger partial charge in [0.2, 0.25) is 17.8 Å². The lowest BCUT2D eigenvalue weighted by Gasteiger charge is -2.24. The maximum absolute atomic E-state index is 12.7. The molecule has 0 bridgehead atoms. The number of hydrogen-bond acceptors (Lipinski definition) is 6. The van der Waals surface area contributed by atoms with E-state index in [1.807, 2.05) is 28.0 Å². The Kier molecular flexibility index (Phi) is 10.0. The average Bonchev–Trinajstić information content (AvgIpc) is 3.25.